The molecule has 33 heavy (non-hydrogen) atoms. The molecule has 1 heterocycles. The summed E-state index contributed by atoms with van der Waals surface area (Å²) in [5.41, 5.74) is 3.56. The van der Waals surface area contributed by atoms with Crippen LogP contribution in [0.1, 0.15) is 16.7 Å². The highest BCUT2D eigenvalue weighted by atomic mass is 79.9. The third-order valence-corrected chi connectivity index (χ3v) is 7.14. The number of rotatable bonds is 6. The number of ether oxygens (including phenoxy) is 2. The molecule has 0 spiro atoms. The number of carbonyl (C=O) groups excluding carboxylic acids is 1. The Bertz CT molecular complexity index is 1260. The van der Waals surface area contributed by atoms with E-state index in [1.54, 1.807) is 12.0 Å². The van der Waals surface area contributed by atoms with E-state index in [9.17, 15) is 4.79 Å². The van der Waals surface area contributed by atoms with E-state index in [4.69, 9.17) is 33.3 Å². The quantitative estimate of drug-likeness (QED) is 0.232. The molecule has 0 saturated carbocycles. The van der Waals surface area contributed by atoms with Crippen molar-refractivity contribution in [1.29, 1.82) is 0 Å². The second-order valence-electron chi connectivity index (χ2n) is 7.25. The van der Waals surface area contributed by atoms with Crippen LogP contribution in [0.2, 0.25) is 5.02 Å². The summed E-state index contributed by atoms with van der Waals surface area (Å²) in [6.45, 7) is 2.32. The molecule has 1 aliphatic heterocycles. The lowest BCUT2D eigenvalue weighted by atomic mass is 10.1. The molecule has 0 bridgehead atoms. The Balaban J connectivity index is 1.59. The van der Waals surface area contributed by atoms with Crippen molar-refractivity contribution in [3.8, 4) is 11.5 Å². The lowest BCUT2D eigenvalue weighted by Gasteiger charge is -2.16. The molecule has 0 aromatic heterocycles. The smallest absolute Gasteiger partial charge is 0.270 e. The van der Waals surface area contributed by atoms with Gasteiger partial charge in [-0.15, -0.1) is 0 Å². The van der Waals surface area contributed by atoms with E-state index in [2.05, 4.69) is 15.9 Å². The highest BCUT2D eigenvalue weighted by molar-refractivity contribution is 9.10. The normalized spacial score (nSPS) is 14.8. The van der Waals surface area contributed by atoms with Crippen LogP contribution in [0, 0.1) is 6.92 Å². The largest absolute Gasteiger partial charge is 0.493 e. The Morgan fingerprint density at radius 3 is 2.58 bits per heavy atom. The molecule has 168 valence electrons. The minimum Gasteiger partial charge on any atom is -0.493 e. The Morgan fingerprint density at radius 2 is 1.88 bits per heavy atom. The Hall–Kier alpha value is -2.32. The number of methoxy groups -OCH3 is 1. The van der Waals surface area contributed by atoms with Gasteiger partial charge in [-0.05, 0) is 76.0 Å². The van der Waals surface area contributed by atoms with E-state index < -0.39 is 0 Å². The van der Waals surface area contributed by atoms with Crippen molar-refractivity contribution in [2.24, 2.45) is 0 Å². The number of anilines is 1. The van der Waals surface area contributed by atoms with Crippen LogP contribution in [0.15, 0.2) is 70.0 Å². The summed E-state index contributed by atoms with van der Waals surface area (Å²) < 4.78 is 12.8. The van der Waals surface area contributed by atoms with Gasteiger partial charge in [-0.2, -0.15) is 0 Å². The number of para-hydroxylation sites is 1. The maximum atomic E-state index is 13.1. The molecule has 0 atom stereocenters. The van der Waals surface area contributed by atoms with Gasteiger partial charge in [0.15, 0.2) is 15.8 Å². The van der Waals surface area contributed by atoms with Gasteiger partial charge in [0, 0.05) is 5.02 Å². The standard InChI is InChI=1S/C25H19BrClNO3S2/c1-15-5-3-4-6-20(15)28-24(29)22(33-25(28)32)13-17-11-19(26)23(21(12-17)30-2)31-14-16-7-9-18(27)10-8-16/h3-13H,14H2,1-2H3/b22-13+. The second kappa shape index (κ2) is 10.3. The number of aryl methyl sites for hydroxylation is 1. The van der Waals surface area contributed by atoms with Gasteiger partial charge in [0.05, 0.1) is 22.2 Å². The van der Waals surface area contributed by atoms with E-state index in [0.717, 1.165) is 26.9 Å². The summed E-state index contributed by atoms with van der Waals surface area (Å²) in [4.78, 5) is 15.3. The lowest BCUT2D eigenvalue weighted by molar-refractivity contribution is -0.113. The second-order valence-corrected chi connectivity index (χ2v) is 10.2. The Morgan fingerprint density at radius 1 is 1.15 bits per heavy atom. The average molecular weight is 561 g/mol. The highest BCUT2D eigenvalue weighted by Crippen LogP contribution is 2.41. The Kier molecular flexibility index (Phi) is 7.44. The van der Waals surface area contributed by atoms with Crippen LogP contribution in [0.25, 0.3) is 6.08 Å². The fraction of sp³-hybridized carbons (Fsp3) is 0.120. The van der Waals surface area contributed by atoms with E-state index in [0.29, 0.717) is 32.4 Å². The lowest BCUT2D eigenvalue weighted by Crippen LogP contribution is -2.28. The van der Waals surface area contributed by atoms with Crippen molar-refractivity contribution in [3.63, 3.8) is 0 Å². The van der Waals surface area contributed by atoms with Gasteiger partial charge in [-0.1, -0.05) is 65.9 Å². The number of halogens is 2. The van der Waals surface area contributed by atoms with Crippen LogP contribution in [0.4, 0.5) is 5.69 Å². The maximum Gasteiger partial charge on any atom is 0.270 e. The molecule has 4 rings (SSSR count). The molecular formula is C25H19BrClNO3S2. The van der Waals surface area contributed by atoms with E-state index in [-0.39, 0.29) is 5.91 Å². The molecular weight excluding hydrogens is 542 g/mol. The molecule has 8 heteroatoms. The van der Waals surface area contributed by atoms with Crippen LogP contribution < -0.4 is 14.4 Å². The molecule has 1 amide bonds. The zero-order valence-corrected chi connectivity index (χ0v) is 21.8. The predicted octanol–water partition coefficient (Wildman–Crippen LogP) is 7.40. The van der Waals surface area contributed by atoms with Crippen molar-refractivity contribution >= 4 is 73.5 Å². The number of carbonyl (C=O) groups is 1. The van der Waals surface area contributed by atoms with Gasteiger partial charge < -0.3 is 9.47 Å². The zero-order chi connectivity index (χ0) is 23.5. The summed E-state index contributed by atoms with van der Waals surface area (Å²) >= 11 is 16.3. The van der Waals surface area contributed by atoms with Gasteiger partial charge in [0.25, 0.3) is 5.91 Å². The van der Waals surface area contributed by atoms with Gasteiger partial charge in [0.2, 0.25) is 0 Å². The molecule has 4 nitrogen and oxygen atoms in total. The van der Waals surface area contributed by atoms with E-state index in [1.165, 1.54) is 11.8 Å². The summed E-state index contributed by atoms with van der Waals surface area (Å²) in [5.74, 6) is 0.994. The van der Waals surface area contributed by atoms with Crippen molar-refractivity contribution in [2.45, 2.75) is 13.5 Å². The predicted molar refractivity (Wildman–Crippen MR) is 143 cm³/mol. The minimum absolute atomic E-state index is 0.141. The van der Waals surface area contributed by atoms with Crippen LogP contribution in [0.3, 0.4) is 0 Å². The van der Waals surface area contributed by atoms with Crippen molar-refractivity contribution in [2.75, 3.05) is 12.0 Å². The van der Waals surface area contributed by atoms with Crippen LogP contribution >= 0.6 is 51.5 Å². The Labute approximate surface area is 215 Å². The number of hydrogen-bond donors (Lipinski definition) is 0. The summed E-state index contributed by atoms with van der Waals surface area (Å²) in [5, 5.41) is 0.676. The molecule has 0 radical (unpaired) electrons. The number of hydrogen-bond acceptors (Lipinski definition) is 5. The van der Waals surface area contributed by atoms with Gasteiger partial charge in [-0.25, -0.2) is 0 Å². The fourth-order valence-corrected chi connectivity index (χ4v) is 5.33. The molecule has 1 fully saturated rings. The molecule has 1 aliphatic rings. The van der Waals surface area contributed by atoms with Crippen molar-refractivity contribution in [3.05, 3.63) is 91.8 Å². The van der Waals surface area contributed by atoms with Gasteiger partial charge in [0.1, 0.15) is 6.61 Å². The molecule has 1 saturated heterocycles. The number of benzene rings is 3. The molecule has 0 unspecified atom stereocenters. The molecule has 0 aliphatic carbocycles. The average Bonchev–Trinajstić information content (AvgIpc) is 3.07. The van der Waals surface area contributed by atoms with Gasteiger partial charge >= 0.3 is 0 Å². The van der Waals surface area contributed by atoms with Crippen LogP contribution in [-0.4, -0.2) is 17.3 Å². The highest BCUT2D eigenvalue weighted by Gasteiger charge is 2.34. The number of nitrogens with zero attached hydrogens (tertiary/aromatic N) is 1. The SMILES string of the molecule is COc1cc(/C=C2/SC(=S)N(c3ccccc3C)C2=O)cc(Br)c1OCc1ccc(Cl)cc1. The molecule has 3 aromatic rings. The van der Waals surface area contributed by atoms with E-state index in [1.807, 2.05) is 73.7 Å². The number of thioether (sulfide) groups is 1. The first-order valence-corrected chi connectivity index (χ1v) is 12.4. The molecule has 0 N–H and O–H groups in total. The first kappa shape index (κ1) is 23.8. The van der Waals surface area contributed by atoms with Gasteiger partial charge in [-0.3, -0.25) is 9.69 Å². The topological polar surface area (TPSA) is 38.8 Å². The summed E-state index contributed by atoms with van der Waals surface area (Å²) in [6.07, 6.45) is 1.81. The third kappa shape index (κ3) is 5.27. The maximum absolute atomic E-state index is 13.1. The number of amides is 1. The minimum atomic E-state index is -0.141. The number of thiocarbonyl (C=S) groups is 1. The summed E-state index contributed by atoms with van der Waals surface area (Å²) in [7, 11) is 1.58. The van der Waals surface area contributed by atoms with Crippen LogP contribution in [0.5, 0.6) is 11.5 Å². The summed E-state index contributed by atoms with van der Waals surface area (Å²) in [6, 6.07) is 18.9. The first-order valence-electron chi connectivity index (χ1n) is 9.95. The fourth-order valence-electron chi connectivity index (χ4n) is 3.34. The van der Waals surface area contributed by atoms with Crippen LogP contribution in [-0.2, 0) is 11.4 Å². The van der Waals surface area contributed by atoms with Crippen molar-refractivity contribution < 1.29 is 14.3 Å². The third-order valence-electron chi connectivity index (χ3n) is 5.00. The zero-order valence-electron chi connectivity index (χ0n) is 17.8. The monoisotopic (exact) mass is 559 g/mol. The van der Waals surface area contributed by atoms with Crippen molar-refractivity contribution in [1.82, 2.24) is 0 Å². The first-order chi connectivity index (χ1) is 15.9. The molecule has 3 aromatic carbocycles. The van der Waals surface area contributed by atoms with E-state index >= 15 is 0 Å².